The van der Waals surface area contributed by atoms with Crippen LogP contribution in [0.1, 0.15) is 6.42 Å². The number of urea groups is 1. The fourth-order valence-corrected chi connectivity index (χ4v) is 2.12. The van der Waals surface area contributed by atoms with Gasteiger partial charge in [-0.2, -0.15) is 0 Å². The van der Waals surface area contributed by atoms with E-state index in [2.05, 4.69) is 10.6 Å². The Hall–Kier alpha value is -2.12. The van der Waals surface area contributed by atoms with Crippen LogP contribution in [0.15, 0.2) is 24.3 Å². The first-order chi connectivity index (χ1) is 10.1. The molecule has 1 atom stereocenters. The van der Waals surface area contributed by atoms with Crippen molar-refractivity contribution < 1.29 is 14.3 Å². The molecule has 21 heavy (non-hydrogen) atoms. The Kier molecular flexibility index (Phi) is 5.13. The number of carbonyl (C=O) groups excluding carboxylic acids is 2. The summed E-state index contributed by atoms with van der Waals surface area (Å²) in [6.07, 6.45) is 0.890. The van der Waals surface area contributed by atoms with Crippen molar-refractivity contribution >= 4 is 23.3 Å². The number of carbonyl (C=O) groups is 2. The van der Waals surface area contributed by atoms with Crippen LogP contribution < -0.4 is 21.3 Å². The summed E-state index contributed by atoms with van der Waals surface area (Å²) in [6, 6.07) is 6.27. The molecule has 1 aromatic rings. The van der Waals surface area contributed by atoms with Crippen molar-refractivity contribution in [3.8, 4) is 0 Å². The molecule has 0 radical (unpaired) electrons. The minimum absolute atomic E-state index is 0.124. The Bertz CT molecular complexity index is 521. The molecule has 1 aromatic carbocycles. The van der Waals surface area contributed by atoms with Gasteiger partial charge in [0.05, 0.1) is 6.61 Å². The van der Waals surface area contributed by atoms with Crippen molar-refractivity contribution in [2.24, 2.45) is 5.73 Å². The maximum atomic E-state index is 11.8. The molecule has 0 aliphatic carbocycles. The Morgan fingerprint density at radius 3 is 3.10 bits per heavy atom. The quantitative estimate of drug-likeness (QED) is 0.737. The lowest BCUT2D eigenvalue weighted by Gasteiger charge is -2.27. The molecule has 0 saturated carbocycles. The molecule has 1 saturated heterocycles. The van der Waals surface area contributed by atoms with Gasteiger partial charge in [-0.15, -0.1) is 0 Å². The molecule has 2 rings (SSSR count). The summed E-state index contributed by atoms with van der Waals surface area (Å²) in [7, 11) is 1.49. The van der Waals surface area contributed by atoms with E-state index >= 15 is 0 Å². The van der Waals surface area contributed by atoms with E-state index in [4.69, 9.17) is 10.5 Å². The van der Waals surface area contributed by atoms with Crippen molar-refractivity contribution in [2.45, 2.75) is 12.5 Å². The summed E-state index contributed by atoms with van der Waals surface area (Å²) in [6.45, 7) is 1.50. The van der Waals surface area contributed by atoms with Crippen LogP contribution in [0.5, 0.6) is 0 Å². The van der Waals surface area contributed by atoms with Crippen LogP contribution in [0, 0.1) is 0 Å². The van der Waals surface area contributed by atoms with E-state index in [0.717, 1.165) is 12.1 Å². The summed E-state index contributed by atoms with van der Waals surface area (Å²) in [5.74, 6) is -0.322. The van der Waals surface area contributed by atoms with Crippen LogP contribution in [-0.4, -0.2) is 44.8 Å². The molecule has 7 nitrogen and oxygen atoms in total. The minimum atomic E-state index is -0.725. The van der Waals surface area contributed by atoms with Gasteiger partial charge in [0.1, 0.15) is 6.04 Å². The lowest BCUT2D eigenvalue weighted by atomic mass is 10.2. The zero-order chi connectivity index (χ0) is 15.2. The van der Waals surface area contributed by atoms with Crippen LogP contribution in [0.25, 0.3) is 0 Å². The van der Waals surface area contributed by atoms with Crippen LogP contribution in [0.3, 0.4) is 0 Å². The number of benzene rings is 1. The number of nitrogens with zero attached hydrogens (tertiary/aromatic N) is 1. The molecule has 3 amide bonds. The van der Waals surface area contributed by atoms with Gasteiger partial charge < -0.3 is 21.1 Å². The van der Waals surface area contributed by atoms with Crippen molar-refractivity contribution in [2.75, 3.05) is 37.0 Å². The first kappa shape index (κ1) is 15.3. The Morgan fingerprint density at radius 2 is 2.38 bits per heavy atom. The van der Waals surface area contributed by atoms with Crippen molar-refractivity contribution in [3.63, 3.8) is 0 Å². The molecule has 1 unspecified atom stereocenters. The van der Waals surface area contributed by atoms with Crippen LogP contribution in [0.4, 0.5) is 16.2 Å². The maximum Gasteiger partial charge on any atom is 0.321 e. The highest BCUT2D eigenvalue weighted by Crippen LogP contribution is 2.21. The molecule has 4 N–H and O–H groups in total. The molecule has 1 aliphatic heterocycles. The van der Waals surface area contributed by atoms with Gasteiger partial charge in [-0.25, -0.2) is 4.79 Å². The van der Waals surface area contributed by atoms with E-state index in [9.17, 15) is 9.59 Å². The molecular formula is C14H20N4O3. The third kappa shape index (κ3) is 3.93. The number of methoxy groups -OCH3 is 1. The average molecular weight is 292 g/mol. The molecular weight excluding hydrogens is 272 g/mol. The number of nitrogens with one attached hydrogen (secondary N) is 2. The Balaban J connectivity index is 2.07. The fraction of sp³-hybridized carbons (Fsp3) is 0.429. The highest BCUT2D eigenvalue weighted by Gasteiger charge is 2.20. The van der Waals surface area contributed by atoms with Gasteiger partial charge >= 0.3 is 6.03 Å². The number of amides is 3. The normalized spacial score (nSPS) is 16.3. The van der Waals surface area contributed by atoms with Crippen molar-refractivity contribution in [1.82, 2.24) is 5.32 Å². The van der Waals surface area contributed by atoms with E-state index in [0.29, 0.717) is 18.8 Å². The highest BCUT2D eigenvalue weighted by molar-refractivity contribution is 5.97. The number of rotatable bonds is 5. The molecule has 1 aliphatic rings. The highest BCUT2D eigenvalue weighted by atomic mass is 16.5. The predicted octanol–water partition coefficient (Wildman–Crippen LogP) is 0.518. The Morgan fingerprint density at radius 1 is 1.57 bits per heavy atom. The topological polar surface area (TPSA) is 96.7 Å². The lowest BCUT2D eigenvalue weighted by molar-refractivity contribution is -0.118. The number of hydrogen-bond acceptors (Lipinski definition) is 4. The second kappa shape index (κ2) is 7.05. The summed E-state index contributed by atoms with van der Waals surface area (Å²) < 4.78 is 4.85. The van der Waals surface area contributed by atoms with Crippen molar-refractivity contribution in [1.29, 1.82) is 0 Å². The van der Waals surface area contributed by atoms with Gasteiger partial charge in [0.15, 0.2) is 0 Å². The van der Waals surface area contributed by atoms with Gasteiger partial charge in [-0.05, 0) is 24.6 Å². The molecule has 1 fully saturated rings. The average Bonchev–Trinajstić information content (AvgIpc) is 2.48. The standard InChI is InChI=1S/C14H20N4O3/c1-21-9-12(15)13(19)17-10-4-2-5-11(8-10)18-7-3-6-16-14(18)20/h2,4-5,8,12H,3,6-7,9,15H2,1H3,(H,16,20)(H,17,19). The number of nitrogens with two attached hydrogens (primary N) is 1. The van der Waals surface area contributed by atoms with E-state index in [1.54, 1.807) is 23.1 Å². The summed E-state index contributed by atoms with van der Waals surface area (Å²) in [4.78, 5) is 25.3. The van der Waals surface area contributed by atoms with Gasteiger partial charge in [0.2, 0.25) is 5.91 Å². The predicted molar refractivity (Wildman–Crippen MR) is 80.3 cm³/mol. The lowest BCUT2D eigenvalue weighted by Crippen LogP contribution is -2.46. The zero-order valence-corrected chi connectivity index (χ0v) is 12.0. The first-order valence-electron chi connectivity index (χ1n) is 6.82. The van der Waals surface area contributed by atoms with Crippen LogP contribution in [-0.2, 0) is 9.53 Å². The summed E-state index contributed by atoms with van der Waals surface area (Å²) in [5.41, 5.74) is 7.01. The van der Waals surface area contributed by atoms with Gasteiger partial charge in [-0.1, -0.05) is 6.07 Å². The van der Waals surface area contributed by atoms with Gasteiger partial charge in [-0.3, -0.25) is 9.69 Å². The molecule has 0 bridgehead atoms. The van der Waals surface area contributed by atoms with Gasteiger partial charge in [0.25, 0.3) is 0 Å². The second-order valence-electron chi connectivity index (χ2n) is 4.84. The molecule has 0 aromatic heterocycles. The molecule has 7 heteroatoms. The zero-order valence-electron chi connectivity index (χ0n) is 12.0. The van der Waals surface area contributed by atoms with E-state index in [1.165, 1.54) is 7.11 Å². The smallest absolute Gasteiger partial charge is 0.321 e. The number of hydrogen-bond donors (Lipinski definition) is 3. The monoisotopic (exact) mass is 292 g/mol. The van der Waals surface area contributed by atoms with E-state index < -0.39 is 6.04 Å². The number of ether oxygens (including phenoxy) is 1. The minimum Gasteiger partial charge on any atom is -0.383 e. The largest absolute Gasteiger partial charge is 0.383 e. The molecule has 0 spiro atoms. The van der Waals surface area contributed by atoms with Crippen LogP contribution in [0.2, 0.25) is 0 Å². The Labute approximate surface area is 123 Å². The summed E-state index contributed by atoms with van der Waals surface area (Å²) in [5, 5.41) is 5.51. The van der Waals surface area contributed by atoms with E-state index in [-0.39, 0.29) is 18.5 Å². The second-order valence-corrected chi connectivity index (χ2v) is 4.84. The first-order valence-corrected chi connectivity index (χ1v) is 6.82. The third-order valence-corrected chi connectivity index (χ3v) is 3.19. The SMILES string of the molecule is COCC(N)C(=O)Nc1cccc(N2CCCNC2=O)c1. The van der Waals surface area contributed by atoms with Crippen LogP contribution >= 0.6 is 0 Å². The fourth-order valence-electron chi connectivity index (χ4n) is 2.12. The third-order valence-electron chi connectivity index (χ3n) is 3.19. The van der Waals surface area contributed by atoms with E-state index in [1.807, 2.05) is 6.07 Å². The molecule has 1 heterocycles. The van der Waals surface area contributed by atoms with Gasteiger partial charge in [0, 0.05) is 31.6 Å². The van der Waals surface area contributed by atoms with Crippen molar-refractivity contribution in [3.05, 3.63) is 24.3 Å². The molecule has 114 valence electrons. The summed E-state index contributed by atoms with van der Waals surface area (Å²) >= 11 is 0. The number of anilines is 2. The maximum absolute atomic E-state index is 11.8.